The van der Waals surface area contributed by atoms with Gasteiger partial charge in [-0.15, -0.1) is 0 Å². The molecule has 8 nitrogen and oxygen atoms in total. The Morgan fingerprint density at radius 1 is 0.927 bits per heavy atom. The number of rotatable bonds is 12. The Labute approximate surface area is 244 Å². The Bertz CT molecular complexity index is 1250. The van der Waals surface area contributed by atoms with Crippen LogP contribution in [0.2, 0.25) is 0 Å². The van der Waals surface area contributed by atoms with Gasteiger partial charge in [0, 0.05) is 12.5 Å². The molecule has 0 aliphatic heterocycles. The molecule has 0 aromatic heterocycles. The van der Waals surface area contributed by atoms with E-state index in [1.54, 1.807) is 31.4 Å². The summed E-state index contributed by atoms with van der Waals surface area (Å²) >= 11 is 0. The van der Waals surface area contributed by atoms with Gasteiger partial charge < -0.3 is 20.5 Å². The molecule has 0 radical (unpaired) electrons. The number of aromatic hydroxyl groups is 1. The number of phenols is 1. The van der Waals surface area contributed by atoms with Crippen LogP contribution >= 0.6 is 0 Å². The molecule has 2 fully saturated rings. The number of carbonyl (C=O) groups excluding carboxylic acids is 2. The second kappa shape index (κ2) is 14.7. The first-order valence-corrected chi connectivity index (χ1v) is 16.7. The van der Waals surface area contributed by atoms with Crippen LogP contribution in [0.15, 0.2) is 48.5 Å². The van der Waals surface area contributed by atoms with E-state index in [4.69, 9.17) is 4.74 Å². The highest BCUT2D eigenvalue weighted by Crippen LogP contribution is 2.29. The number of hydrogen-bond donors (Lipinski definition) is 3. The zero-order chi connectivity index (χ0) is 29.2. The summed E-state index contributed by atoms with van der Waals surface area (Å²) in [6.07, 6.45) is 9.76. The maximum absolute atomic E-state index is 14.2. The molecule has 0 bridgehead atoms. The van der Waals surface area contributed by atoms with Crippen molar-refractivity contribution in [3.8, 4) is 11.5 Å². The SMILES string of the molecule is COc1ccc(CC(C(CNC(=O)c2ccccc2O)NC(=O)C2CCCCC2)S(=O)(=O)CC2CCCCC2)cc1. The molecule has 9 heteroatoms. The topological polar surface area (TPSA) is 122 Å². The fraction of sp³-hybridized carbons (Fsp3) is 0.562. The van der Waals surface area contributed by atoms with E-state index in [2.05, 4.69) is 10.6 Å². The van der Waals surface area contributed by atoms with Gasteiger partial charge in [-0.1, -0.05) is 62.8 Å². The van der Waals surface area contributed by atoms with Crippen molar-refractivity contribution in [3.63, 3.8) is 0 Å². The first-order valence-electron chi connectivity index (χ1n) is 15.0. The van der Waals surface area contributed by atoms with Crippen molar-refractivity contribution >= 4 is 21.7 Å². The Hall–Kier alpha value is -3.07. The minimum Gasteiger partial charge on any atom is -0.507 e. The predicted molar refractivity (Wildman–Crippen MR) is 160 cm³/mol. The molecule has 2 aromatic carbocycles. The van der Waals surface area contributed by atoms with Crippen LogP contribution in [0.5, 0.6) is 11.5 Å². The van der Waals surface area contributed by atoms with E-state index in [9.17, 15) is 23.1 Å². The Balaban J connectivity index is 1.63. The quantitative estimate of drug-likeness (QED) is 0.330. The van der Waals surface area contributed by atoms with Gasteiger partial charge in [-0.3, -0.25) is 9.59 Å². The average molecular weight is 585 g/mol. The van der Waals surface area contributed by atoms with Crippen LogP contribution in [0.25, 0.3) is 0 Å². The third-order valence-corrected chi connectivity index (χ3v) is 11.0. The molecule has 2 aliphatic carbocycles. The minimum atomic E-state index is -3.68. The van der Waals surface area contributed by atoms with Crippen LogP contribution in [0.3, 0.4) is 0 Å². The van der Waals surface area contributed by atoms with Gasteiger partial charge >= 0.3 is 0 Å². The first-order chi connectivity index (χ1) is 19.8. The van der Waals surface area contributed by atoms with Gasteiger partial charge in [0.2, 0.25) is 5.91 Å². The third kappa shape index (κ3) is 8.71. The standard InChI is InChI=1S/C32H44N2O6S/c1-40-26-18-16-23(17-19-26)20-30(41(38,39)22-24-10-4-2-5-11-24)28(34-31(36)25-12-6-3-7-13-25)21-33-32(37)27-14-8-9-15-29(27)35/h8-9,14-19,24-25,28,30,35H,2-7,10-13,20-22H2,1H3,(H,33,37)(H,34,36). The normalized spacial score (nSPS) is 18.3. The fourth-order valence-electron chi connectivity index (χ4n) is 6.22. The maximum atomic E-state index is 14.2. The lowest BCUT2D eigenvalue weighted by atomic mass is 9.88. The summed E-state index contributed by atoms with van der Waals surface area (Å²) in [5.41, 5.74) is 0.911. The van der Waals surface area contributed by atoms with Gasteiger partial charge in [0.05, 0.1) is 29.7 Å². The monoisotopic (exact) mass is 584 g/mol. The highest BCUT2D eigenvalue weighted by atomic mass is 32.2. The number of para-hydroxylation sites is 1. The molecule has 2 aromatic rings. The molecule has 2 aliphatic rings. The highest BCUT2D eigenvalue weighted by molar-refractivity contribution is 7.92. The summed E-state index contributed by atoms with van der Waals surface area (Å²) in [5.74, 6) is -0.163. The summed E-state index contributed by atoms with van der Waals surface area (Å²) < 4.78 is 33.6. The summed E-state index contributed by atoms with van der Waals surface area (Å²) in [5, 5.41) is 15.1. The van der Waals surface area contributed by atoms with E-state index in [0.29, 0.717) is 5.75 Å². The molecule has 41 heavy (non-hydrogen) atoms. The maximum Gasteiger partial charge on any atom is 0.255 e. The van der Waals surface area contributed by atoms with E-state index < -0.39 is 27.0 Å². The van der Waals surface area contributed by atoms with Gasteiger partial charge in [-0.05, 0) is 67.9 Å². The van der Waals surface area contributed by atoms with Crippen molar-refractivity contribution in [2.45, 2.75) is 81.9 Å². The lowest BCUT2D eigenvalue weighted by molar-refractivity contribution is -0.126. The van der Waals surface area contributed by atoms with E-state index in [1.165, 1.54) is 12.1 Å². The fourth-order valence-corrected chi connectivity index (χ4v) is 8.57. The molecule has 2 saturated carbocycles. The van der Waals surface area contributed by atoms with Crippen molar-refractivity contribution in [1.82, 2.24) is 10.6 Å². The number of phenolic OH excluding ortho intramolecular Hbond substituents is 1. The Morgan fingerprint density at radius 3 is 2.20 bits per heavy atom. The molecular weight excluding hydrogens is 540 g/mol. The van der Waals surface area contributed by atoms with Crippen molar-refractivity contribution in [3.05, 3.63) is 59.7 Å². The number of nitrogens with one attached hydrogen (secondary N) is 2. The lowest BCUT2D eigenvalue weighted by Crippen LogP contribution is -2.55. The number of amides is 2. The zero-order valence-electron chi connectivity index (χ0n) is 24.0. The number of hydrogen-bond acceptors (Lipinski definition) is 6. The molecule has 2 unspecified atom stereocenters. The highest BCUT2D eigenvalue weighted by Gasteiger charge is 2.38. The summed E-state index contributed by atoms with van der Waals surface area (Å²) in [6, 6.07) is 12.7. The second-order valence-electron chi connectivity index (χ2n) is 11.6. The number of benzene rings is 2. The summed E-state index contributed by atoms with van der Waals surface area (Å²) in [6.45, 7) is -0.0731. The third-order valence-electron chi connectivity index (χ3n) is 8.63. The first kappa shape index (κ1) is 30.9. The predicted octanol–water partition coefficient (Wildman–Crippen LogP) is 4.80. The van der Waals surface area contributed by atoms with Crippen LogP contribution in [0, 0.1) is 11.8 Å². The minimum absolute atomic E-state index is 0.0665. The summed E-state index contributed by atoms with van der Waals surface area (Å²) in [4.78, 5) is 26.5. The van der Waals surface area contributed by atoms with Crippen LogP contribution in [0.4, 0.5) is 0 Å². The average Bonchev–Trinajstić information content (AvgIpc) is 2.99. The van der Waals surface area contributed by atoms with Gasteiger partial charge in [-0.2, -0.15) is 0 Å². The molecule has 2 amide bonds. The van der Waals surface area contributed by atoms with Crippen molar-refractivity contribution in [2.24, 2.45) is 11.8 Å². The lowest BCUT2D eigenvalue weighted by Gasteiger charge is -2.32. The Kier molecular flexibility index (Phi) is 11.1. The van der Waals surface area contributed by atoms with E-state index in [-0.39, 0.29) is 47.8 Å². The second-order valence-corrected chi connectivity index (χ2v) is 13.9. The smallest absolute Gasteiger partial charge is 0.255 e. The van der Waals surface area contributed by atoms with Gasteiger partial charge in [-0.25, -0.2) is 8.42 Å². The zero-order valence-corrected chi connectivity index (χ0v) is 24.8. The molecule has 0 saturated heterocycles. The van der Waals surface area contributed by atoms with Crippen molar-refractivity contribution < 1.29 is 27.9 Å². The van der Waals surface area contributed by atoms with Gasteiger partial charge in [0.1, 0.15) is 11.5 Å². The van der Waals surface area contributed by atoms with Crippen LogP contribution in [0.1, 0.15) is 80.1 Å². The largest absolute Gasteiger partial charge is 0.507 e. The van der Waals surface area contributed by atoms with Crippen molar-refractivity contribution in [1.29, 1.82) is 0 Å². The molecule has 224 valence electrons. The van der Waals surface area contributed by atoms with Gasteiger partial charge in [0.25, 0.3) is 5.91 Å². The van der Waals surface area contributed by atoms with Crippen LogP contribution in [-0.2, 0) is 21.1 Å². The van der Waals surface area contributed by atoms with E-state index >= 15 is 0 Å². The number of carbonyl (C=O) groups is 2. The molecule has 0 spiro atoms. The van der Waals surface area contributed by atoms with E-state index in [1.807, 2.05) is 12.1 Å². The molecule has 0 heterocycles. The van der Waals surface area contributed by atoms with Crippen LogP contribution < -0.4 is 15.4 Å². The summed E-state index contributed by atoms with van der Waals surface area (Å²) in [7, 11) is -2.10. The van der Waals surface area contributed by atoms with E-state index in [0.717, 1.165) is 69.8 Å². The molecule has 3 N–H and O–H groups in total. The molecule has 4 rings (SSSR count). The van der Waals surface area contributed by atoms with Crippen LogP contribution in [-0.4, -0.2) is 56.0 Å². The number of methoxy groups -OCH3 is 1. The number of sulfone groups is 1. The van der Waals surface area contributed by atoms with Crippen molar-refractivity contribution in [2.75, 3.05) is 19.4 Å². The molecular formula is C32H44N2O6S. The van der Waals surface area contributed by atoms with Gasteiger partial charge in [0.15, 0.2) is 9.84 Å². The Morgan fingerprint density at radius 2 is 1.56 bits per heavy atom. The number of ether oxygens (including phenoxy) is 1. The molecule has 2 atom stereocenters.